The Bertz CT molecular complexity index is 1790. The van der Waals surface area contributed by atoms with Gasteiger partial charge in [0, 0.05) is 25.7 Å². The average Bonchev–Trinajstić information content (AvgIpc) is 3.58. The lowest BCUT2D eigenvalue weighted by atomic mass is 10.00. The molecule has 86 heavy (non-hydrogen) atoms. The van der Waals surface area contributed by atoms with Crippen LogP contribution in [0.4, 0.5) is 0 Å². The molecule has 0 saturated heterocycles. The minimum Gasteiger partial charge on any atom is -0.462 e. The molecule has 19 heteroatoms. The molecule has 0 heterocycles. The van der Waals surface area contributed by atoms with Gasteiger partial charge in [-0.15, -0.1) is 0 Å². The van der Waals surface area contributed by atoms with E-state index in [4.69, 9.17) is 37.0 Å². The number of carbonyl (C=O) groups is 4. The minimum absolute atomic E-state index is 0.0833. The van der Waals surface area contributed by atoms with E-state index in [1.165, 1.54) is 89.9 Å². The molecule has 0 rings (SSSR count). The fourth-order valence-corrected chi connectivity index (χ4v) is 11.0. The van der Waals surface area contributed by atoms with Crippen LogP contribution in [0.3, 0.4) is 0 Å². The Kier molecular flexibility index (Phi) is 56.0. The number of allylic oxidation sites excluding steroid dienone is 4. The number of esters is 4. The third-order valence-electron chi connectivity index (χ3n) is 15.1. The molecule has 0 spiro atoms. The summed E-state index contributed by atoms with van der Waals surface area (Å²) >= 11 is 0. The maximum absolute atomic E-state index is 13.0. The maximum atomic E-state index is 13.0. The van der Waals surface area contributed by atoms with Crippen molar-refractivity contribution in [2.45, 2.75) is 324 Å². The van der Waals surface area contributed by atoms with E-state index in [-0.39, 0.29) is 25.7 Å². The molecule has 0 fully saturated rings. The molecule has 3 N–H and O–H groups in total. The third-order valence-corrected chi connectivity index (χ3v) is 17.0. The number of ether oxygens (including phenoxy) is 4. The molecule has 6 atom stereocenters. The van der Waals surface area contributed by atoms with Crippen LogP contribution in [0.2, 0.25) is 0 Å². The second-order valence-electron chi connectivity index (χ2n) is 24.7. The molecule has 0 aromatic heterocycles. The number of hydrogen-bond donors (Lipinski definition) is 3. The summed E-state index contributed by atoms with van der Waals surface area (Å²) in [5.41, 5.74) is 0. The van der Waals surface area contributed by atoms with E-state index in [2.05, 4.69) is 72.8 Å². The van der Waals surface area contributed by atoms with Gasteiger partial charge in [-0.25, -0.2) is 9.13 Å². The van der Waals surface area contributed by atoms with Crippen molar-refractivity contribution in [3.63, 3.8) is 0 Å². The van der Waals surface area contributed by atoms with Crippen LogP contribution in [0.25, 0.3) is 0 Å². The molecule has 0 aliphatic heterocycles. The molecule has 0 saturated carbocycles. The van der Waals surface area contributed by atoms with Crippen molar-refractivity contribution in [1.29, 1.82) is 0 Å². The Labute approximate surface area is 522 Å². The Morgan fingerprint density at radius 1 is 0.384 bits per heavy atom. The first-order chi connectivity index (χ1) is 41.3. The molecule has 506 valence electrons. The second-order valence-corrected chi connectivity index (χ2v) is 27.6. The SMILES string of the molecule is CCCCCC/C=C\C=C/CCCCCCCC(=O)O[C@H](COC(=O)CCCCCCCCC(C)C)COP(=O)(O)OC[C@@H](O)COP(=O)(O)OC[C@@H](COC(=O)CCCCCCCCC(C)CC)OC(=O)CCCCCCCCCCCC(C)C. The van der Waals surface area contributed by atoms with Crippen LogP contribution in [0, 0.1) is 17.8 Å². The van der Waals surface area contributed by atoms with Crippen LogP contribution in [-0.2, 0) is 65.4 Å². The Balaban J connectivity index is 5.28. The molecule has 17 nitrogen and oxygen atoms in total. The van der Waals surface area contributed by atoms with Crippen LogP contribution in [0.5, 0.6) is 0 Å². The van der Waals surface area contributed by atoms with Gasteiger partial charge in [0.1, 0.15) is 19.3 Å². The largest absolute Gasteiger partial charge is 0.472 e. The summed E-state index contributed by atoms with van der Waals surface area (Å²) in [5.74, 6) is -0.0258. The molecule has 0 amide bonds. The maximum Gasteiger partial charge on any atom is 0.472 e. The van der Waals surface area contributed by atoms with Crippen LogP contribution < -0.4 is 0 Å². The number of rotatable bonds is 63. The molecular formula is C67H126O17P2. The van der Waals surface area contributed by atoms with Crippen molar-refractivity contribution in [2.75, 3.05) is 39.6 Å². The summed E-state index contributed by atoms with van der Waals surface area (Å²) in [6.07, 6.45) is 42.7. The zero-order chi connectivity index (χ0) is 63.8. The highest BCUT2D eigenvalue weighted by Crippen LogP contribution is 2.45. The summed E-state index contributed by atoms with van der Waals surface area (Å²) in [6.45, 7) is 11.6. The average molecular weight is 1270 g/mol. The smallest absolute Gasteiger partial charge is 0.462 e. The van der Waals surface area contributed by atoms with Gasteiger partial charge in [-0.05, 0) is 69.1 Å². The van der Waals surface area contributed by atoms with E-state index in [9.17, 15) is 43.2 Å². The monoisotopic (exact) mass is 1260 g/mol. The van der Waals surface area contributed by atoms with Gasteiger partial charge in [0.15, 0.2) is 12.2 Å². The quantitative estimate of drug-likeness (QED) is 0.0169. The van der Waals surface area contributed by atoms with Gasteiger partial charge in [0.05, 0.1) is 26.4 Å². The summed E-state index contributed by atoms with van der Waals surface area (Å²) in [6, 6.07) is 0. The van der Waals surface area contributed by atoms with Gasteiger partial charge >= 0.3 is 39.5 Å². The van der Waals surface area contributed by atoms with E-state index in [1.807, 2.05) is 0 Å². The number of aliphatic hydroxyl groups excluding tert-OH is 1. The zero-order valence-corrected chi connectivity index (χ0v) is 57.0. The van der Waals surface area contributed by atoms with Crippen molar-refractivity contribution in [2.24, 2.45) is 17.8 Å². The highest BCUT2D eigenvalue weighted by Gasteiger charge is 2.30. The van der Waals surface area contributed by atoms with Crippen molar-refractivity contribution >= 4 is 39.5 Å². The molecule has 3 unspecified atom stereocenters. The number of unbranched alkanes of at least 4 members (excludes halogenated alkanes) is 27. The third kappa shape index (κ3) is 59.2. The van der Waals surface area contributed by atoms with E-state index in [0.29, 0.717) is 31.6 Å². The lowest BCUT2D eigenvalue weighted by Gasteiger charge is -2.21. The van der Waals surface area contributed by atoms with Crippen LogP contribution >= 0.6 is 15.6 Å². The van der Waals surface area contributed by atoms with Crippen molar-refractivity contribution in [1.82, 2.24) is 0 Å². The Hall–Kier alpha value is -2.46. The molecule has 0 aliphatic rings. The van der Waals surface area contributed by atoms with Crippen LogP contribution in [-0.4, -0.2) is 96.7 Å². The predicted molar refractivity (Wildman–Crippen MR) is 344 cm³/mol. The first-order valence-corrected chi connectivity index (χ1v) is 37.2. The molecule has 0 radical (unpaired) electrons. The number of phosphoric acid groups is 2. The van der Waals surface area contributed by atoms with Gasteiger partial charge in [-0.1, -0.05) is 253 Å². The summed E-state index contributed by atoms with van der Waals surface area (Å²) in [4.78, 5) is 72.3. The van der Waals surface area contributed by atoms with Crippen LogP contribution in [0.15, 0.2) is 24.3 Å². The zero-order valence-electron chi connectivity index (χ0n) is 55.3. The van der Waals surface area contributed by atoms with Gasteiger partial charge in [-0.3, -0.25) is 37.3 Å². The highest BCUT2D eigenvalue weighted by atomic mass is 31.2. The highest BCUT2D eigenvalue weighted by molar-refractivity contribution is 7.47. The lowest BCUT2D eigenvalue weighted by Crippen LogP contribution is -2.30. The van der Waals surface area contributed by atoms with Gasteiger partial charge in [0.2, 0.25) is 0 Å². The summed E-state index contributed by atoms with van der Waals surface area (Å²) in [7, 11) is -9.91. The molecular weight excluding hydrogens is 1140 g/mol. The predicted octanol–water partition coefficient (Wildman–Crippen LogP) is 18.2. The Morgan fingerprint density at radius 3 is 1.03 bits per heavy atom. The Morgan fingerprint density at radius 2 is 0.686 bits per heavy atom. The first kappa shape index (κ1) is 83.5. The standard InChI is InChI=1S/C67H126O17P2/c1-8-10-11-12-13-14-15-16-17-18-19-22-25-36-43-50-66(71)83-62(54-77-64(69)48-41-34-29-27-32-39-46-59(5)6)56-81-85(73,74)79-52-61(68)53-80-86(75,76)82-57-63(55-78-65(70)49-42-35-30-28-33-40-47-60(7)9-2)84-67(72)51-44-37-26-23-20-21-24-31-38-45-58(3)4/h14-17,58-63,68H,8-13,18-57H2,1-7H3,(H,73,74)(H,75,76)/b15-14-,17-16-/t60?,61-,62-,63-/m1/s1. The number of phosphoric ester groups is 2. The van der Waals surface area contributed by atoms with E-state index in [0.717, 1.165) is 127 Å². The molecule has 0 aliphatic carbocycles. The normalized spacial score (nSPS) is 14.8. The van der Waals surface area contributed by atoms with E-state index in [1.54, 1.807) is 0 Å². The fraction of sp³-hybridized carbons (Fsp3) is 0.881. The molecule has 0 aromatic rings. The first-order valence-electron chi connectivity index (χ1n) is 34.2. The van der Waals surface area contributed by atoms with Gasteiger partial charge in [0.25, 0.3) is 0 Å². The topological polar surface area (TPSA) is 237 Å². The van der Waals surface area contributed by atoms with Crippen molar-refractivity contribution < 1.29 is 80.2 Å². The summed E-state index contributed by atoms with van der Waals surface area (Å²) in [5, 5.41) is 10.6. The summed E-state index contributed by atoms with van der Waals surface area (Å²) < 4.78 is 68.0. The van der Waals surface area contributed by atoms with Gasteiger partial charge in [-0.2, -0.15) is 0 Å². The minimum atomic E-state index is -4.96. The number of hydrogen-bond acceptors (Lipinski definition) is 15. The lowest BCUT2D eigenvalue weighted by molar-refractivity contribution is -0.161. The van der Waals surface area contributed by atoms with E-state index < -0.39 is 97.5 Å². The van der Waals surface area contributed by atoms with Crippen molar-refractivity contribution in [3.05, 3.63) is 24.3 Å². The number of aliphatic hydroxyl groups is 1. The molecule has 0 aromatic carbocycles. The van der Waals surface area contributed by atoms with E-state index >= 15 is 0 Å². The second kappa shape index (κ2) is 57.7. The number of carbonyl (C=O) groups excluding carboxylic acids is 4. The van der Waals surface area contributed by atoms with Crippen molar-refractivity contribution in [3.8, 4) is 0 Å². The molecule has 0 bridgehead atoms. The van der Waals surface area contributed by atoms with Crippen LogP contribution in [0.1, 0.15) is 305 Å². The fourth-order valence-electron chi connectivity index (χ4n) is 9.44. The van der Waals surface area contributed by atoms with Gasteiger partial charge < -0.3 is 33.8 Å².